The molecule has 2 aromatic carbocycles. The number of ether oxygens (including phenoxy) is 1. The van der Waals surface area contributed by atoms with E-state index < -0.39 is 5.82 Å². The molecule has 0 radical (unpaired) electrons. The number of nitrogens with one attached hydrogen (secondary N) is 2. The number of nitrogens with zero attached hydrogens (tertiary/aromatic N) is 2. The Kier molecular flexibility index (Phi) is 6.53. The van der Waals surface area contributed by atoms with Gasteiger partial charge in [-0.3, -0.25) is 14.5 Å². The Bertz CT molecular complexity index is 1170. The fourth-order valence-corrected chi connectivity index (χ4v) is 4.03. The van der Waals surface area contributed by atoms with Crippen molar-refractivity contribution >= 4 is 22.5 Å². The standard InChI is InChI=1S/C24H27FN4O3/c1-28(2)17-9-11-29(12-10-17)15-24(31)26-16-7-8-21(19(25)13-16)32-22-14-23(30)27-20-6-4-3-5-18(20)22/h3-8,13-14,17H,9-12,15H2,1-2H3,(H,26,31)(H,27,30). The molecule has 7 nitrogen and oxygen atoms in total. The van der Waals surface area contributed by atoms with Crippen molar-refractivity contribution in [1.29, 1.82) is 0 Å². The van der Waals surface area contributed by atoms with Crippen LogP contribution in [0.2, 0.25) is 0 Å². The van der Waals surface area contributed by atoms with Crippen molar-refractivity contribution in [3.63, 3.8) is 0 Å². The van der Waals surface area contributed by atoms with Gasteiger partial charge in [0, 0.05) is 42.3 Å². The second kappa shape index (κ2) is 9.50. The highest BCUT2D eigenvalue weighted by molar-refractivity contribution is 5.92. The lowest BCUT2D eigenvalue weighted by Crippen LogP contribution is -2.44. The van der Waals surface area contributed by atoms with Crippen LogP contribution in [0.4, 0.5) is 10.1 Å². The van der Waals surface area contributed by atoms with Crippen LogP contribution in [-0.2, 0) is 4.79 Å². The lowest BCUT2D eigenvalue weighted by Gasteiger charge is -2.34. The van der Waals surface area contributed by atoms with Crippen molar-refractivity contribution in [1.82, 2.24) is 14.8 Å². The van der Waals surface area contributed by atoms with Gasteiger partial charge in [-0.15, -0.1) is 0 Å². The zero-order valence-corrected chi connectivity index (χ0v) is 18.2. The number of aromatic amines is 1. The molecule has 0 bridgehead atoms. The van der Waals surface area contributed by atoms with Gasteiger partial charge in [0.15, 0.2) is 11.6 Å². The van der Waals surface area contributed by atoms with Crippen LogP contribution < -0.4 is 15.6 Å². The minimum Gasteiger partial charge on any atom is -0.453 e. The Morgan fingerprint density at radius 1 is 1.16 bits per heavy atom. The minimum atomic E-state index is -0.626. The number of benzene rings is 2. The lowest BCUT2D eigenvalue weighted by atomic mass is 10.0. The van der Waals surface area contributed by atoms with Gasteiger partial charge in [-0.1, -0.05) is 12.1 Å². The quantitative estimate of drug-likeness (QED) is 0.617. The normalized spacial score (nSPS) is 15.2. The van der Waals surface area contributed by atoms with E-state index in [9.17, 15) is 14.0 Å². The van der Waals surface area contributed by atoms with Crippen molar-refractivity contribution in [2.75, 3.05) is 39.0 Å². The van der Waals surface area contributed by atoms with Crippen molar-refractivity contribution in [3.05, 3.63) is 64.7 Å². The first-order valence-electron chi connectivity index (χ1n) is 10.7. The number of rotatable bonds is 6. The van der Waals surface area contributed by atoms with Gasteiger partial charge >= 0.3 is 0 Å². The number of H-pyrrole nitrogens is 1. The lowest BCUT2D eigenvalue weighted by molar-refractivity contribution is -0.117. The number of para-hydroxylation sites is 1. The summed E-state index contributed by atoms with van der Waals surface area (Å²) in [6.07, 6.45) is 2.05. The van der Waals surface area contributed by atoms with Crippen molar-refractivity contribution in [2.45, 2.75) is 18.9 Å². The zero-order valence-electron chi connectivity index (χ0n) is 18.2. The monoisotopic (exact) mass is 438 g/mol. The molecule has 1 aliphatic rings. The zero-order chi connectivity index (χ0) is 22.7. The van der Waals surface area contributed by atoms with Crippen molar-refractivity contribution in [2.24, 2.45) is 0 Å². The number of piperidine rings is 1. The van der Waals surface area contributed by atoms with Gasteiger partial charge < -0.3 is 19.9 Å². The van der Waals surface area contributed by atoms with E-state index in [1.165, 1.54) is 18.2 Å². The van der Waals surface area contributed by atoms with Gasteiger partial charge in [0.1, 0.15) is 5.75 Å². The molecule has 32 heavy (non-hydrogen) atoms. The summed E-state index contributed by atoms with van der Waals surface area (Å²) in [7, 11) is 4.15. The number of halogens is 1. The number of carbonyl (C=O) groups excluding carboxylic acids is 1. The third kappa shape index (κ3) is 5.15. The number of likely N-dealkylation sites (tertiary alicyclic amines) is 1. The predicted molar refractivity (Wildman–Crippen MR) is 123 cm³/mol. The summed E-state index contributed by atoms with van der Waals surface area (Å²) in [6.45, 7) is 2.00. The molecule has 4 rings (SSSR count). The fraction of sp³-hybridized carbons (Fsp3) is 0.333. The number of fused-ring (bicyclic) bond motifs is 1. The molecule has 0 aliphatic carbocycles. The van der Waals surface area contributed by atoms with Crippen LogP contribution in [0.1, 0.15) is 12.8 Å². The van der Waals surface area contributed by atoms with Crippen LogP contribution in [0.15, 0.2) is 53.3 Å². The molecule has 168 valence electrons. The number of anilines is 1. The Hall–Kier alpha value is -3.23. The highest BCUT2D eigenvalue weighted by atomic mass is 19.1. The number of carbonyl (C=O) groups is 1. The smallest absolute Gasteiger partial charge is 0.252 e. The summed E-state index contributed by atoms with van der Waals surface area (Å²) in [5.74, 6) is -0.563. The Labute approximate surface area is 185 Å². The fourth-order valence-electron chi connectivity index (χ4n) is 4.03. The van der Waals surface area contributed by atoms with Crippen molar-refractivity contribution in [3.8, 4) is 11.5 Å². The first kappa shape index (κ1) is 22.0. The second-order valence-corrected chi connectivity index (χ2v) is 8.31. The molecule has 0 spiro atoms. The van der Waals surface area contributed by atoms with E-state index in [2.05, 4.69) is 34.2 Å². The Morgan fingerprint density at radius 2 is 1.91 bits per heavy atom. The van der Waals surface area contributed by atoms with E-state index in [-0.39, 0.29) is 29.5 Å². The summed E-state index contributed by atoms with van der Waals surface area (Å²) in [6, 6.07) is 13.2. The first-order chi connectivity index (χ1) is 15.4. The number of hydrogen-bond acceptors (Lipinski definition) is 5. The number of pyridine rings is 1. The summed E-state index contributed by atoms with van der Waals surface area (Å²) < 4.78 is 20.4. The topological polar surface area (TPSA) is 77.7 Å². The maximum atomic E-state index is 14.7. The van der Waals surface area contributed by atoms with E-state index >= 15 is 0 Å². The second-order valence-electron chi connectivity index (χ2n) is 8.31. The highest BCUT2D eigenvalue weighted by Gasteiger charge is 2.22. The summed E-state index contributed by atoms with van der Waals surface area (Å²) in [5.41, 5.74) is 0.630. The summed E-state index contributed by atoms with van der Waals surface area (Å²) in [4.78, 5) is 31.4. The molecule has 1 saturated heterocycles. The summed E-state index contributed by atoms with van der Waals surface area (Å²) in [5, 5.41) is 3.42. The molecular weight excluding hydrogens is 411 g/mol. The number of amides is 1. The predicted octanol–water partition coefficient (Wildman–Crippen LogP) is 3.42. The SMILES string of the molecule is CN(C)C1CCN(CC(=O)Nc2ccc(Oc3cc(=O)[nH]c4ccccc34)c(F)c2)CC1. The molecule has 1 fully saturated rings. The van der Waals surface area contributed by atoms with Gasteiger partial charge in [0.2, 0.25) is 5.91 Å². The molecule has 1 amide bonds. The van der Waals surface area contributed by atoms with Gasteiger partial charge in [-0.25, -0.2) is 4.39 Å². The van der Waals surface area contributed by atoms with Crippen LogP contribution in [0, 0.1) is 5.82 Å². The molecule has 0 unspecified atom stereocenters. The first-order valence-corrected chi connectivity index (χ1v) is 10.7. The Balaban J connectivity index is 1.40. The minimum absolute atomic E-state index is 0.0236. The van der Waals surface area contributed by atoms with Crippen LogP contribution >= 0.6 is 0 Å². The van der Waals surface area contributed by atoms with E-state index in [1.54, 1.807) is 24.3 Å². The molecule has 1 aliphatic heterocycles. The average Bonchev–Trinajstić information content (AvgIpc) is 2.76. The van der Waals surface area contributed by atoms with Crippen LogP contribution in [0.25, 0.3) is 10.9 Å². The van der Waals surface area contributed by atoms with E-state index in [0.29, 0.717) is 22.6 Å². The molecule has 0 atom stereocenters. The number of hydrogen-bond donors (Lipinski definition) is 2. The molecule has 2 heterocycles. The van der Waals surface area contributed by atoms with E-state index in [0.717, 1.165) is 25.9 Å². The van der Waals surface area contributed by atoms with Crippen LogP contribution in [0.3, 0.4) is 0 Å². The van der Waals surface area contributed by atoms with Gasteiger partial charge in [0.25, 0.3) is 5.56 Å². The summed E-state index contributed by atoms with van der Waals surface area (Å²) >= 11 is 0. The molecular formula is C24H27FN4O3. The maximum Gasteiger partial charge on any atom is 0.252 e. The largest absolute Gasteiger partial charge is 0.453 e. The van der Waals surface area contributed by atoms with Crippen molar-refractivity contribution < 1.29 is 13.9 Å². The third-order valence-corrected chi connectivity index (χ3v) is 5.80. The molecule has 8 heteroatoms. The van der Waals surface area contributed by atoms with E-state index in [4.69, 9.17) is 4.74 Å². The van der Waals surface area contributed by atoms with Crippen LogP contribution in [-0.4, -0.2) is 60.5 Å². The van der Waals surface area contributed by atoms with Gasteiger partial charge in [-0.2, -0.15) is 0 Å². The maximum absolute atomic E-state index is 14.7. The van der Waals surface area contributed by atoms with Gasteiger partial charge in [0.05, 0.1) is 12.1 Å². The van der Waals surface area contributed by atoms with Crippen LogP contribution in [0.5, 0.6) is 11.5 Å². The molecule has 1 aromatic heterocycles. The average molecular weight is 439 g/mol. The molecule has 2 N–H and O–H groups in total. The molecule has 3 aromatic rings. The number of aromatic nitrogens is 1. The van der Waals surface area contributed by atoms with E-state index in [1.807, 2.05) is 6.07 Å². The highest BCUT2D eigenvalue weighted by Crippen LogP contribution is 2.30. The Morgan fingerprint density at radius 3 is 2.62 bits per heavy atom. The third-order valence-electron chi connectivity index (χ3n) is 5.80. The van der Waals surface area contributed by atoms with Gasteiger partial charge in [-0.05, 0) is 51.2 Å². The molecule has 0 saturated carbocycles.